The summed E-state index contributed by atoms with van der Waals surface area (Å²) in [5.41, 5.74) is 9.77. The molecule has 0 spiro atoms. The van der Waals surface area contributed by atoms with E-state index < -0.39 is 0 Å². The van der Waals surface area contributed by atoms with Gasteiger partial charge in [-0.1, -0.05) is 25.1 Å². The lowest BCUT2D eigenvalue weighted by atomic mass is 9.95. The average Bonchev–Trinajstić information content (AvgIpc) is 2.87. The molecule has 0 fully saturated rings. The van der Waals surface area contributed by atoms with Crippen molar-refractivity contribution in [2.45, 2.75) is 19.4 Å². The molecule has 1 unspecified atom stereocenters. The van der Waals surface area contributed by atoms with Gasteiger partial charge >= 0.3 is 0 Å². The second kappa shape index (κ2) is 5.06. The third kappa shape index (κ3) is 2.08. The van der Waals surface area contributed by atoms with Crippen LogP contribution in [0.15, 0.2) is 42.9 Å². The van der Waals surface area contributed by atoms with Gasteiger partial charge in [0.25, 0.3) is 0 Å². The van der Waals surface area contributed by atoms with E-state index in [1.54, 1.807) is 0 Å². The monoisotopic (exact) mass is 266 g/mol. The number of nitrogens with two attached hydrogens (primary N) is 1. The summed E-state index contributed by atoms with van der Waals surface area (Å²) in [4.78, 5) is 4.17. The molecular weight excluding hydrogens is 248 g/mol. The number of aryl methyl sites for hydroxylation is 2. The van der Waals surface area contributed by atoms with E-state index in [4.69, 9.17) is 5.73 Å². The van der Waals surface area contributed by atoms with Crippen molar-refractivity contribution in [3.05, 3.63) is 59.7 Å². The number of hydrogen-bond acceptors (Lipinski definition) is 3. The number of nitrogens with zero attached hydrogens (tertiary/aromatic N) is 3. The lowest BCUT2D eigenvalue weighted by molar-refractivity contribution is 0.746. The summed E-state index contributed by atoms with van der Waals surface area (Å²) < 4.78 is 1.83. The Kier molecular flexibility index (Phi) is 3.24. The van der Waals surface area contributed by atoms with Crippen molar-refractivity contribution in [2.24, 2.45) is 12.8 Å². The first-order valence-corrected chi connectivity index (χ1v) is 6.81. The van der Waals surface area contributed by atoms with Gasteiger partial charge in [0.15, 0.2) is 0 Å². The fourth-order valence-electron chi connectivity index (χ4n) is 2.67. The lowest BCUT2D eigenvalue weighted by Gasteiger charge is -2.14. The number of fused-ring (bicyclic) bond motifs is 1. The molecule has 1 aromatic carbocycles. The van der Waals surface area contributed by atoms with Gasteiger partial charge in [0.05, 0.1) is 11.7 Å². The Hall–Kier alpha value is -2.20. The van der Waals surface area contributed by atoms with Crippen LogP contribution in [-0.4, -0.2) is 14.8 Å². The highest BCUT2D eigenvalue weighted by Gasteiger charge is 2.17. The molecule has 0 aliphatic carbocycles. The van der Waals surface area contributed by atoms with E-state index in [2.05, 4.69) is 29.1 Å². The Labute approximate surface area is 118 Å². The van der Waals surface area contributed by atoms with Gasteiger partial charge in [-0.05, 0) is 23.4 Å². The van der Waals surface area contributed by atoms with E-state index in [1.165, 1.54) is 0 Å². The number of aromatic nitrogens is 3. The molecule has 2 aromatic heterocycles. The first kappa shape index (κ1) is 12.8. The molecule has 3 rings (SSSR count). The van der Waals surface area contributed by atoms with Gasteiger partial charge in [-0.3, -0.25) is 9.67 Å². The normalized spacial score (nSPS) is 12.8. The Morgan fingerprint density at radius 3 is 2.90 bits per heavy atom. The van der Waals surface area contributed by atoms with Crippen LogP contribution in [0.3, 0.4) is 0 Å². The topological polar surface area (TPSA) is 56.7 Å². The molecule has 0 radical (unpaired) electrons. The van der Waals surface area contributed by atoms with E-state index in [0.29, 0.717) is 0 Å². The molecule has 20 heavy (non-hydrogen) atoms. The Bertz CT molecular complexity index is 740. The molecule has 0 aliphatic rings. The Morgan fingerprint density at radius 1 is 1.25 bits per heavy atom. The number of benzene rings is 1. The molecule has 102 valence electrons. The fourth-order valence-corrected chi connectivity index (χ4v) is 2.67. The summed E-state index contributed by atoms with van der Waals surface area (Å²) in [6, 6.07) is 8.03. The van der Waals surface area contributed by atoms with E-state index in [9.17, 15) is 0 Å². The summed E-state index contributed by atoms with van der Waals surface area (Å²) >= 11 is 0. The van der Waals surface area contributed by atoms with Gasteiger partial charge in [-0.2, -0.15) is 5.10 Å². The zero-order valence-corrected chi connectivity index (χ0v) is 11.7. The lowest BCUT2D eigenvalue weighted by Crippen LogP contribution is -2.13. The SMILES string of the molecule is CCc1nn(C)cc1C(N)c1cccc2cnccc12. The molecule has 4 nitrogen and oxygen atoms in total. The summed E-state index contributed by atoms with van der Waals surface area (Å²) in [5, 5.41) is 6.75. The van der Waals surface area contributed by atoms with Crippen molar-refractivity contribution >= 4 is 10.8 Å². The highest BCUT2D eigenvalue weighted by atomic mass is 15.3. The van der Waals surface area contributed by atoms with Gasteiger partial charge in [-0.25, -0.2) is 0 Å². The summed E-state index contributed by atoms with van der Waals surface area (Å²) in [6.07, 6.45) is 6.58. The second-order valence-electron chi connectivity index (χ2n) is 4.98. The summed E-state index contributed by atoms with van der Waals surface area (Å²) in [7, 11) is 1.93. The zero-order chi connectivity index (χ0) is 14.1. The Balaban J connectivity index is 2.15. The van der Waals surface area contributed by atoms with Crippen LogP contribution in [0, 0.1) is 0 Å². The van der Waals surface area contributed by atoms with Crippen molar-refractivity contribution < 1.29 is 0 Å². The maximum atomic E-state index is 6.50. The highest BCUT2D eigenvalue weighted by Crippen LogP contribution is 2.28. The first-order chi connectivity index (χ1) is 9.70. The molecule has 0 aliphatic heterocycles. The van der Waals surface area contributed by atoms with Gasteiger partial charge in [-0.15, -0.1) is 0 Å². The van der Waals surface area contributed by atoms with Crippen molar-refractivity contribution in [3.8, 4) is 0 Å². The van der Waals surface area contributed by atoms with Crippen LogP contribution in [0.2, 0.25) is 0 Å². The van der Waals surface area contributed by atoms with Gasteiger partial charge in [0.2, 0.25) is 0 Å². The van der Waals surface area contributed by atoms with E-state index >= 15 is 0 Å². The standard InChI is InChI=1S/C16H18N4/c1-3-15-14(10-20(2)19-15)16(17)13-6-4-5-11-9-18-8-7-12(11)13/h4-10,16H,3,17H2,1-2H3. The predicted octanol–water partition coefficient (Wildman–Crippen LogP) is 2.58. The largest absolute Gasteiger partial charge is 0.320 e. The quantitative estimate of drug-likeness (QED) is 0.792. The third-order valence-electron chi connectivity index (χ3n) is 3.66. The molecule has 0 saturated carbocycles. The van der Waals surface area contributed by atoms with E-state index in [-0.39, 0.29) is 6.04 Å². The van der Waals surface area contributed by atoms with Crippen LogP contribution in [-0.2, 0) is 13.5 Å². The van der Waals surface area contributed by atoms with Gasteiger partial charge in [0, 0.05) is 36.6 Å². The first-order valence-electron chi connectivity index (χ1n) is 6.81. The summed E-state index contributed by atoms with van der Waals surface area (Å²) in [6.45, 7) is 2.10. The Morgan fingerprint density at radius 2 is 2.10 bits per heavy atom. The number of hydrogen-bond donors (Lipinski definition) is 1. The molecule has 3 aromatic rings. The molecule has 0 bridgehead atoms. The molecular formula is C16H18N4. The van der Waals surface area contributed by atoms with Crippen molar-refractivity contribution in [2.75, 3.05) is 0 Å². The number of rotatable bonds is 3. The van der Waals surface area contributed by atoms with Crippen LogP contribution in [0.25, 0.3) is 10.8 Å². The van der Waals surface area contributed by atoms with Crippen molar-refractivity contribution in [1.82, 2.24) is 14.8 Å². The van der Waals surface area contributed by atoms with Crippen LogP contribution in [0.1, 0.15) is 29.8 Å². The van der Waals surface area contributed by atoms with Crippen LogP contribution in [0.5, 0.6) is 0 Å². The molecule has 2 heterocycles. The second-order valence-corrected chi connectivity index (χ2v) is 4.98. The molecule has 1 atom stereocenters. The maximum absolute atomic E-state index is 6.50. The third-order valence-corrected chi connectivity index (χ3v) is 3.66. The minimum atomic E-state index is -0.162. The fraction of sp³-hybridized carbons (Fsp3) is 0.250. The smallest absolute Gasteiger partial charge is 0.0672 e. The minimum Gasteiger partial charge on any atom is -0.320 e. The van der Waals surface area contributed by atoms with Crippen LogP contribution < -0.4 is 5.73 Å². The minimum absolute atomic E-state index is 0.162. The number of pyridine rings is 1. The molecule has 0 saturated heterocycles. The average molecular weight is 266 g/mol. The maximum Gasteiger partial charge on any atom is 0.0672 e. The predicted molar refractivity (Wildman–Crippen MR) is 80.4 cm³/mol. The zero-order valence-electron chi connectivity index (χ0n) is 11.7. The molecule has 4 heteroatoms. The van der Waals surface area contributed by atoms with E-state index in [0.717, 1.165) is 34.0 Å². The summed E-state index contributed by atoms with van der Waals surface area (Å²) in [5.74, 6) is 0. The van der Waals surface area contributed by atoms with E-state index in [1.807, 2.05) is 42.5 Å². The highest BCUT2D eigenvalue weighted by molar-refractivity contribution is 5.85. The van der Waals surface area contributed by atoms with Crippen molar-refractivity contribution in [1.29, 1.82) is 0 Å². The molecule has 0 amide bonds. The molecule has 2 N–H and O–H groups in total. The van der Waals surface area contributed by atoms with Crippen LogP contribution in [0.4, 0.5) is 0 Å². The van der Waals surface area contributed by atoms with Gasteiger partial charge < -0.3 is 5.73 Å². The van der Waals surface area contributed by atoms with Crippen LogP contribution >= 0.6 is 0 Å². The van der Waals surface area contributed by atoms with Gasteiger partial charge in [0.1, 0.15) is 0 Å². The van der Waals surface area contributed by atoms with Crippen molar-refractivity contribution in [3.63, 3.8) is 0 Å².